The zero-order chi connectivity index (χ0) is 13.1. The van der Waals surface area contributed by atoms with Gasteiger partial charge in [0.15, 0.2) is 0 Å². The van der Waals surface area contributed by atoms with Crippen LogP contribution in [-0.2, 0) is 14.3 Å². The molecule has 0 radical (unpaired) electrons. The summed E-state index contributed by atoms with van der Waals surface area (Å²) in [6.45, 7) is 1.50. The summed E-state index contributed by atoms with van der Waals surface area (Å²) < 4.78 is 27.6. The number of hydrogen-bond donors (Lipinski definition) is 1. The van der Waals surface area contributed by atoms with Crippen LogP contribution >= 0.6 is 0 Å². The highest BCUT2D eigenvalue weighted by Gasteiger charge is 2.21. The van der Waals surface area contributed by atoms with E-state index in [1.54, 1.807) is 0 Å². The predicted molar refractivity (Wildman–Crippen MR) is 61.5 cm³/mol. The van der Waals surface area contributed by atoms with Gasteiger partial charge in [-0.15, -0.1) is 0 Å². The van der Waals surface area contributed by atoms with Gasteiger partial charge >= 0.3 is 0 Å². The standard InChI is InChI=1S/C9H12N2O5S/c1-3-16-17(14,15)7-4-5-8(10-2)9(6-7)11(12)13/h4-6,10H,3H2,1-2H3. The van der Waals surface area contributed by atoms with Crippen molar-refractivity contribution < 1.29 is 17.5 Å². The highest BCUT2D eigenvalue weighted by Crippen LogP contribution is 2.27. The Hall–Kier alpha value is -1.67. The van der Waals surface area contributed by atoms with E-state index in [9.17, 15) is 18.5 Å². The van der Waals surface area contributed by atoms with Crippen LogP contribution in [0.5, 0.6) is 0 Å². The van der Waals surface area contributed by atoms with Gasteiger partial charge in [0, 0.05) is 13.1 Å². The molecule has 0 saturated heterocycles. The first-order valence-electron chi connectivity index (χ1n) is 4.78. The van der Waals surface area contributed by atoms with E-state index in [0.29, 0.717) is 0 Å². The highest BCUT2D eigenvalue weighted by atomic mass is 32.2. The molecular formula is C9H12N2O5S. The van der Waals surface area contributed by atoms with Gasteiger partial charge in [-0.2, -0.15) is 8.42 Å². The van der Waals surface area contributed by atoms with Crippen LogP contribution in [0.3, 0.4) is 0 Å². The van der Waals surface area contributed by atoms with Gasteiger partial charge in [-0.05, 0) is 19.1 Å². The molecular weight excluding hydrogens is 248 g/mol. The number of anilines is 1. The summed E-state index contributed by atoms with van der Waals surface area (Å²) in [5, 5.41) is 13.4. The Labute approximate surface area is 98.7 Å². The Morgan fingerprint density at radius 2 is 2.12 bits per heavy atom. The van der Waals surface area contributed by atoms with Crippen molar-refractivity contribution in [1.29, 1.82) is 0 Å². The second-order valence-corrected chi connectivity index (χ2v) is 4.66. The number of nitrogens with zero attached hydrogens (tertiary/aromatic N) is 1. The van der Waals surface area contributed by atoms with E-state index in [0.717, 1.165) is 6.07 Å². The summed E-state index contributed by atoms with van der Waals surface area (Å²) in [6, 6.07) is 3.55. The van der Waals surface area contributed by atoms with Gasteiger partial charge in [0.25, 0.3) is 15.8 Å². The van der Waals surface area contributed by atoms with Crippen molar-refractivity contribution >= 4 is 21.5 Å². The molecule has 7 nitrogen and oxygen atoms in total. The molecule has 0 bridgehead atoms. The Kier molecular flexibility index (Phi) is 4.02. The van der Waals surface area contributed by atoms with E-state index in [1.165, 1.54) is 26.1 Å². The zero-order valence-corrected chi connectivity index (χ0v) is 10.2. The second-order valence-electron chi connectivity index (χ2n) is 3.05. The van der Waals surface area contributed by atoms with Crippen LogP contribution < -0.4 is 5.32 Å². The fourth-order valence-electron chi connectivity index (χ4n) is 1.25. The summed E-state index contributed by atoms with van der Waals surface area (Å²) in [5.74, 6) is 0. The molecule has 0 atom stereocenters. The van der Waals surface area contributed by atoms with Crippen molar-refractivity contribution in [3.63, 3.8) is 0 Å². The van der Waals surface area contributed by atoms with E-state index in [1.807, 2.05) is 0 Å². The molecule has 0 spiro atoms. The molecule has 0 aromatic heterocycles. The third-order valence-electron chi connectivity index (χ3n) is 2.00. The first kappa shape index (κ1) is 13.4. The van der Waals surface area contributed by atoms with Crippen molar-refractivity contribution in [3.05, 3.63) is 28.3 Å². The minimum Gasteiger partial charge on any atom is -0.383 e. The fourth-order valence-corrected chi connectivity index (χ4v) is 2.19. The highest BCUT2D eigenvalue weighted by molar-refractivity contribution is 7.86. The normalized spacial score (nSPS) is 11.2. The molecule has 8 heteroatoms. The Bertz CT molecular complexity index is 526. The van der Waals surface area contributed by atoms with Gasteiger partial charge in [-0.3, -0.25) is 14.3 Å². The maximum absolute atomic E-state index is 11.5. The van der Waals surface area contributed by atoms with E-state index in [-0.39, 0.29) is 22.9 Å². The SMILES string of the molecule is CCOS(=O)(=O)c1ccc(NC)c([N+](=O)[O-])c1. The molecule has 0 aliphatic carbocycles. The molecule has 0 saturated carbocycles. The molecule has 1 N–H and O–H groups in total. The van der Waals surface area contributed by atoms with Gasteiger partial charge in [-0.1, -0.05) is 0 Å². The van der Waals surface area contributed by atoms with Crippen molar-refractivity contribution in [2.75, 3.05) is 19.0 Å². The number of nitrogens with one attached hydrogen (secondary N) is 1. The smallest absolute Gasteiger partial charge is 0.297 e. The minimum atomic E-state index is -3.92. The largest absolute Gasteiger partial charge is 0.383 e. The lowest BCUT2D eigenvalue weighted by atomic mass is 10.3. The molecule has 17 heavy (non-hydrogen) atoms. The quantitative estimate of drug-likeness (QED) is 0.487. The number of nitro groups is 1. The molecule has 0 heterocycles. The molecule has 0 aliphatic rings. The van der Waals surface area contributed by atoms with Gasteiger partial charge in [0.2, 0.25) is 0 Å². The lowest BCUT2D eigenvalue weighted by Crippen LogP contribution is -2.07. The summed E-state index contributed by atoms with van der Waals surface area (Å²) in [5.41, 5.74) is -0.0706. The molecule has 0 amide bonds. The number of nitro benzene ring substituents is 1. The molecule has 0 fully saturated rings. The van der Waals surface area contributed by atoms with Gasteiger partial charge < -0.3 is 5.32 Å². The molecule has 1 aromatic carbocycles. The summed E-state index contributed by atoms with van der Waals surface area (Å²) in [7, 11) is -2.41. The summed E-state index contributed by atoms with van der Waals surface area (Å²) in [4.78, 5) is 9.86. The van der Waals surface area contributed by atoms with Crippen molar-refractivity contribution in [3.8, 4) is 0 Å². The van der Waals surface area contributed by atoms with Crippen LogP contribution in [0, 0.1) is 10.1 Å². The monoisotopic (exact) mass is 260 g/mol. The van der Waals surface area contributed by atoms with Crippen molar-refractivity contribution in [2.24, 2.45) is 0 Å². The average Bonchev–Trinajstić information content (AvgIpc) is 2.28. The van der Waals surface area contributed by atoms with Crippen LogP contribution in [0.25, 0.3) is 0 Å². The molecule has 1 aromatic rings. The zero-order valence-electron chi connectivity index (χ0n) is 9.34. The molecule has 94 valence electrons. The molecule has 1 rings (SSSR count). The van der Waals surface area contributed by atoms with Crippen LogP contribution in [0.2, 0.25) is 0 Å². The average molecular weight is 260 g/mol. The number of hydrogen-bond acceptors (Lipinski definition) is 6. The third kappa shape index (κ3) is 2.92. The van der Waals surface area contributed by atoms with Gasteiger partial charge in [0.1, 0.15) is 10.6 Å². The predicted octanol–water partition coefficient (Wildman–Crippen LogP) is 1.36. The topological polar surface area (TPSA) is 98.5 Å². The van der Waals surface area contributed by atoms with E-state index in [2.05, 4.69) is 9.50 Å². The van der Waals surface area contributed by atoms with Gasteiger partial charge in [-0.25, -0.2) is 0 Å². The van der Waals surface area contributed by atoms with Crippen LogP contribution in [-0.4, -0.2) is 27.0 Å². The Balaban J connectivity index is 3.31. The Morgan fingerprint density at radius 3 is 2.59 bits per heavy atom. The lowest BCUT2D eigenvalue weighted by molar-refractivity contribution is -0.384. The third-order valence-corrected chi connectivity index (χ3v) is 3.37. The van der Waals surface area contributed by atoms with Gasteiger partial charge in [0.05, 0.1) is 11.5 Å². The van der Waals surface area contributed by atoms with Crippen molar-refractivity contribution in [2.45, 2.75) is 11.8 Å². The van der Waals surface area contributed by atoms with Crippen molar-refractivity contribution in [1.82, 2.24) is 0 Å². The summed E-state index contributed by atoms with van der Waals surface area (Å²) in [6.07, 6.45) is 0. The van der Waals surface area contributed by atoms with E-state index in [4.69, 9.17) is 0 Å². The second kappa shape index (κ2) is 5.11. The van der Waals surface area contributed by atoms with Crippen LogP contribution in [0.15, 0.2) is 23.1 Å². The number of rotatable bonds is 5. The van der Waals surface area contributed by atoms with Crippen LogP contribution in [0.4, 0.5) is 11.4 Å². The molecule has 0 unspecified atom stereocenters. The lowest BCUT2D eigenvalue weighted by Gasteiger charge is -2.06. The van der Waals surface area contributed by atoms with Crippen LogP contribution in [0.1, 0.15) is 6.92 Å². The molecule has 0 aliphatic heterocycles. The first-order valence-corrected chi connectivity index (χ1v) is 6.18. The van der Waals surface area contributed by atoms with E-state index >= 15 is 0 Å². The maximum atomic E-state index is 11.5. The fraction of sp³-hybridized carbons (Fsp3) is 0.333. The van der Waals surface area contributed by atoms with E-state index < -0.39 is 15.0 Å². The summed E-state index contributed by atoms with van der Waals surface area (Å²) >= 11 is 0. The first-order chi connectivity index (χ1) is 7.92. The number of benzene rings is 1. The Morgan fingerprint density at radius 1 is 1.47 bits per heavy atom. The maximum Gasteiger partial charge on any atom is 0.297 e. The minimum absolute atomic E-state index is 0.0239.